The van der Waals surface area contributed by atoms with Crippen LogP contribution in [-0.2, 0) is 17.6 Å². The molecule has 1 amide bonds. The fourth-order valence-corrected chi connectivity index (χ4v) is 4.12. The number of aromatic nitrogens is 1. The number of aryl methyl sites for hydroxylation is 2. The predicted octanol–water partition coefficient (Wildman–Crippen LogP) is 4.26. The summed E-state index contributed by atoms with van der Waals surface area (Å²) in [7, 11) is 0. The molecule has 0 spiro atoms. The summed E-state index contributed by atoms with van der Waals surface area (Å²) in [5, 5.41) is 3.10. The molecule has 2 heterocycles. The standard InChI is InChI=1S/C25H35N3O/c29-25(12-11-24-10-6-16-26-21-24)27-17-13-23-14-19-28(20-15-23)18-5-4-9-22-7-2-1-3-8-22/h1-3,6-8,10,16,21,23H,4-5,9,11-15,17-20H2,(H,27,29). The molecule has 1 saturated heterocycles. The molecule has 0 aliphatic carbocycles. The number of carbonyl (C=O) groups is 1. The second-order valence-electron chi connectivity index (χ2n) is 8.23. The average molecular weight is 394 g/mol. The van der Waals surface area contributed by atoms with Gasteiger partial charge in [0.05, 0.1) is 0 Å². The topological polar surface area (TPSA) is 45.2 Å². The third-order valence-corrected chi connectivity index (χ3v) is 5.98. The third kappa shape index (κ3) is 8.36. The van der Waals surface area contributed by atoms with Gasteiger partial charge in [-0.05, 0) is 87.7 Å². The van der Waals surface area contributed by atoms with Crippen molar-refractivity contribution in [1.82, 2.24) is 15.2 Å². The largest absolute Gasteiger partial charge is 0.356 e. The first-order valence-corrected chi connectivity index (χ1v) is 11.2. The summed E-state index contributed by atoms with van der Waals surface area (Å²) in [6.07, 6.45) is 12.3. The quantitative estimate of drug-likeness (QED) is 0.580. The van der Waals surface area contributed by atoms with Crippen molar-refractivity contribution in [3.63, 3.8) is 0 Å². The Hall–Kier alpha value is -2.20. The van der Waals surface area contributed by atoms with Crippen LogP contribution in [-0.4, -0.2) is 42.0 Å². The Morgan fingerprint density at radius 3 is 2.55 bits per heavy atom. The average Bonchev–Trinajstić information content (AvgIpc) is 2.78. The normalized spacial score (nSPS) is 15.3. The number of carbonyl (C=O) groups excluding carboxylic acids is 1. The van der Waals surface area contributed by atoms with E-state index in [1.807, 2.05) is 18.3 Å². The molecule has 0 saturated carbocycles. The summed E-state index contributed by atoms with van der Waals surface area (Å²) < 4.78 is 0. The highest BCUT2D eigenvalue weighted by molar-refractivity contribution is 5.76. The van der Waals surface area contributed by atoms with Crippen molar-refractivity contribution in [2.24, 2.45) is 5.92 Å². The van der Waals surface area contributed by atoms with Gasteiger partial charge in [0.25, 0.3) is 0 Å². The molecule has 156 valence electrons. The number of nitrogens with one attached hydrogen (secondary N) is 1. The SMILES string of the molecule is O=C(CCc1cccnc1)NCCC1CCN(CCCCc2ccccc2)CC1. The maximum absolute atomic E-state index is 12.0. The van der Waals surface area contributed by atoms with Gasteiger partial charge in [0, 0.05) is 25.4 Å². The van der Waals surface area contributed by atoms with Crippen LogP contribution in [0.25, 0.3) is 0 Å². The molecular weight excluding hydrogens is 358 g/mol. The fraction of sp³-hybridized carbons (Fsp3) is 0.520. The number of rotatable bonds is 11. The number of nitrogens with zero attached hydrogens (tertiary/aromatic N) is 2. The molecule has 4 heteroatoms. The number of piperidine rings is 1. The summed E-state index contributed by atoms with van der Waals surface area (Å²) >= 11 is 0. The zero-order valence-electron chi connectivity index (χ0n) is 17.6. The van der Waals surface area contributed by atoms with Gasteiger partial charge in [0.1, 0.15) is 0 Å². The van der Waals surface area contributed by atoms with Gasteiger partial charge in [-0.2, -0.15) is 0 Å². The summed E-state index contributed by atoms with van der Waals surface area (Å²) in [4.78, 5) is 18.7. The maximum Gasteiger partial charge on any atom is 0.220 e. The predicted molar refractivity (Wildman–Crippen MR) is 119 cm³/mol. The number of hydrogen-bond donors (Lipinski definition) is 1. The minimum atomic E-state index is 0.157. The number of benzene rings is 1. The van der Waals surface area contributed by atoms with Crippen LogP contribution < -0.4 is 5.32 Å². The number of likely N-dealkylation sites (tertiary alicyclic amines) is 1. The van der Waals surface area contributed by atoms with E-state index in [0.29, 0.717) is 6.42 Å². The van der Waals surface area contributed by atoms with Crippen LogP contribution in [0.1, 0.15) is 49.7 Å². The minimum absolute atomic E-state index is 0.157. The van der Waals surface area contributed by atoms with E-state index in [1.165, 1.54) is 57.3 Å². The van der Waals surface area contributed by atoms with Crippen molar-refractivity contribution in [1.29, 1.82) is 0 Å². The first-order valence-electron chi connectivity index (χ1n) is 11.2. The van der Waals surface area contributed by atoms with Gasteiger partial charge < -0.3 is 10.2 Å². The van der Waals surface area contributed by atoms with E-state index in [-0.39, 0.29) is 5.91 Å². The first kappa shape index (κ1) is 21.5. The van der Waals surface area contributed by atoms with E-state index in [2.05, 4.69) is 45.5 Å². The van der Waals surface area contributed by atoms with E-state index in [0.717, 1.165) is 30.9 Å². The Bertz CT molecular complexity index is 697. The van der Waals surface area contributed by atoms with Crippen LogP contribution in [0.3, 0.4) is 0 Å². The first-order chi connectivity index (χ1) is 14.3. The molecule has 4 nitrogen and oxygen atoms in total. The zero-order chi connectivity index (χ0) is 20.2. The molecule has 1 aliphatic rings. The Kier molecular flexibility index (Phi) is 9.18. The molecule has 29 heavy (non-hydrogen) atoms. The number of amides is 1. The van der Waals surface area contributed by atoms with Crippen LogP contribution in [0.5, 0.6) is 0 Å². The van der Waals surface area contributed by atoms with Crippen molar-refractivity contribution in [2.45, 2.75) is 51.4 Å². The highest BCUT2D eigenvalue weighted by atomic mass is 16.1. The molecule has 0 unspecified atom stereocenters. The molecular formula is C25H35N3O. The zero-order valence-corrected chi connectivity index (χ0v) is 17.6. The second-order valence-corrected chi connectivity index (χ2v) is 8.23. The Labute approximate surface area is 175 Å². The van der Waals surface area contributed by atoms with Crippen molar-refractivity contribution in [3.8, 4) is 0 Å². The maximum atomic E-state index is 12.0. The van der Waals surface area contributed by atoms with Crippen LogP contribution in [0.2, 0.25) is 0 Å². The molecule has 0 atom stereocenters. The summed E-state index contributed by atoms with van der Waals surface area (Å²) in [6.45, 7) is 4.47. The molecule has 2 aromatic rings. The van der Waals surface area contributed by atoms with Gasteiger partial charge in [-0.3, -0.25) is 9.78 Å². The van der Waals surface area contributed by atoms with Gasteiger partial charge >= 0.3 is 0 Å². The van der Waals surface area contributed by atoms with Crippen molar-refractivity contribution in [3.05, 3.63) is 66.0 Å². The monoisotopic (exact) mass is 393 g/mol. The summed E-state index contributed by atoms with van der Waals surface area (Å²) in [5.74, 6) is 0.916. The number of pyridine rings is 1. The third-order valence-electron chi connectivity index (χ3n) is 5.98. The number of hydrogen-bond acceptors (Lipinski definition) is 3. The van der Waals surface area contributed by atoms with E-state index in [4.69, 9.17) is 0 Å². The highest BCUT2D eigenvalue weighted by Crippen LogP contribution is 2.20. The number of unbranched alkanes of at least 4 members (excludes halogenated alkanes) is 1. The van der Waals surface area contributed by atoms with Gasteiger partial charge in [-0.25, -0.2) is 0 Å². The van der Waals surface area contributed by atoms with Crippen LogP contribution in [0.4, 0.5) is 0 Å². The molecule has 1 aromatic carbocycles. The lowest BCUT2D eigenvalue weighted by atomic mass is 9.93. The molecule has 1 aromatic heterocycles. The van der Waals surface area contributed by atoms with E-state index >= 15 is 0 Å². The fourth-order valence-electron chi connectivity index (χ4n) is 4.12. The van der Waals surface area contributed by atoms with Crippen LogP contribution in [0.15, 0.2) is 54.9 Å². The summed E-state index contributed by atoms with van der Waals surface area (Å²) in [6, 6.07) is 14.7. The van der Waals surface area contributed by atoms with Gasteiger partial charge in [0.15, 0.2) is 0 Å². The van der Waals surface area contributed by atoms with Gasteiger partial charge in [0.2, 0.25) is 5.91 Å². The van der Waals surface area contributed by atoms with E-state index in [1.54, 1.807) is 6.20 Å². The lowest BCUT2D eigenvalue weighted by molar-refractivity contribution is -0.121. The molecule has 0 radical (unpaired) electrons. The van der Waals surface area contributed by atoms with Crippen molar-refractivity contribution >= 4 is 5.91 Å². The van der Waals surface area contributed by atoms with Crippen LogP contribution in [0, 0.1) is 5.92 Å². The molecule has 0 bridgehead atoms. The Balaban J connectivity index is 1.19. The van der Waals surface area contributed by atoms with Crippen LogP contribution >= 0.6 is 0 Å². The summed E-state index contributed by atoms with van der Waals surface area (Å²) in [5.41, 5.74) is 2.58. The van der Waals surface area contributed by atoms with E-state index < -0.39 is 0 Å². The lowest BCUT2D eigenvalue weighted by Crippen LogP contribution is -2.35. The van der Waals surface area contributed by atoms with Gasteiger partial charge in [-0.15, -0.1) is 0 Å². The molecule has 1 fully saturated rings. The molecule has 3 rings (SSSR count). The smallest absolute Gasteiger partial charge is 0.220 e. The van der Waals surface area contributed by atoms with E-state index in [9.17, 15) is 4.79 Å². The van der Waals surface area contributed by atoms with Crippen molar-refractivity contribution in [2.75, 3.05) is 26.2 Å². The Morgan fingerprint density at radius 1 is 1.00 bits per heavy atom. The highest BCUT2D eigenvalue weighted by Gasteiger charge is 2.18. The second kappa shape index (κ2) is 12.4. The Morgan fingerprint density at radius 2 is 1.79 bits per heavy atom. The van der Waals surface area contributed by atoms with Gasteiger partial charge in [-0.1, -0.05) is 36.4 Å². The molecule has 1 N–H and O–H groups in total. The minimum Gasteiger partial charge on any atom is -0.356 e. The lowest BCUT2D eigenvalue weighted by Gasteiger charge is -2.32. The molecule has 1 aliphatic heterocycles. The van der Waals surface area contributed by atoms with Crippen molar-refractivity contribution < 1.29 is 4.79 Å².